The Morgan fingerprint density at radius 3 is 1.85 bits per heavy atom. The first-order valence-electron chi connectivity index (χ1n) is 7.05. The van der Waals surface area contributed by atoms with Gasteiger partial charge in [0.05, 0.1) is 20.8 Å². The summed E-state index contributed by atoms with van der Waals surface area (Å²) in [6.07, 6.45) is 0. The van der Waals surface area contributed by atoms with Crippen LogP contribution in [-0.2, 0) is 0 Å². The highest BCUT2D eigenvalue weighted by Crippen LogP contribution is 2.46. The molecule has 0 aromatic heterocycles. The zero-order valence-electron chi connectivity index (χ0n) is 14.7. The molecular weight excluding hydrogens is 352 g/mol. The Kier molecular flexibility index (Phi) is 5.89. The van der Waals surface area contributed by atoms with E-state index < -0.39 is 43.3 Å². The zero-order valence-corrected chi connectivity index (χ0v) is 14.7. The van der Waals surface area contributed by atoms with Crippen LogP contribution in [0.3, 0.4) is 0 Å². The lowest BCUT2D eigenvalue weighted by Gasteiger charge is -2.20. The number of rotatable bonds is 7. The van der Waals surface area contributed by atoms with Gasteiger partial charge in [0, 0.05) is 35.2 Å². The summed E-state index contributed by atoms with van der Waals surface area (Å²) in [4.78, 5) is 33.9. The number of nitro benzene ring substituents is 2. The summed E-state index contributed by atoms with van der Waals surface area (Å²) in [5.41, 5.74) is -3.40. The Balaban J connectivity index is 4.29. The van der Waals surface area contributed by atoms with E-state index >= 15 is 0 Å². The first kappa shape index (κ1) is 20.4. The standard InChI is InChI=1S/C13H18N6O7/c1-14-10-7(17(21)22)6-8(18(23)24)11(15(2)3)9(10)12(19(25)26)13(20)16(4)5/h6,14,20H,1-5H3/b13-12+. The fourth-order valence-corrected chi connectivity index (χ4v) is 2.36. The van der Waals surface area contributed by atoms with E-state index in [2.05, 4.69) is 5.32 Å². The predicted molar refractivity (Wildman–Crippen MR) is 93.9 cm³/mol. The quantitative estimate of drug-likeness (QED) is 0.408. The van der Waals surface area contributed by atoms with E-state index in [0.29, 0.717) is 0 Å². The van der Waals surface area contributed by atoms with Crippen molar-refractivity contribution in [2.24, 2.45) is 0 Å². The van der Waals surface area contributed by atoms with Crippen LogP contribution in [0.5, 0.6) is 0 Å². The van der Waals surface area contributed by atoms with Gasteiger partial charge in [0.1, 0.15) is 16.9 Å². The van der Waals surface area contributed by atoms with Crippen LogP contribution < -0.4 is 10.2 Å². The summed E-state index contributed by atoms with van der Waals surface area (Å²) in [5.74, 6) is -0.815. The van der Waals surface area contributed by atoms with E-state index in [1.165, 1.54) is 40.1 Å². The summed E-state index contributed by atoms with van der Waals surface area (Å²) in [5, 5.41) is 47.1. The lowest BCUT2D eigenvalue weighted by Crippen LogP contribution is -2.21. The minimum Gasteiger partial charge on any atom is -0.490 e. The molecule has 0 heterocycles. The monoisotopic (exact) mass is 370 g/mol. The Hall–Kier alpha value is -3.64. The summed E-state index contributed by atoms with van der Waals surface area (Å²) in [6, 6.07) is 0.717. The van der Waals surface area contributed by atoms with Gasteiger partial charge < -0.3 is 20.2 Å². The SMILES string of the molecule is CNc1c([N+](=O)[O-])cc([N+](=O)[O-])c(N(C)C)c1/C(=C(\O)N(C)C)[N+](=O)[O-]. The number of hydrogen-bond acceptors (Lipinski definition) is 10. The second-order valence-electron chi connectivity index (χ2n) is 5.50. The highest BCUT2D eigenvalue weighted by molar-refractivity contribution is 5.93. The fourth-order valence-electron chi connectivity index (χ4n) is 2.36. The minimum atomic E-state index is -0.952. The summed E-state index contributed by atoms with van der Waals surface area (Å²) < 4.78 is 0. The number of nitrogens with one attached hydrogen (secondary N) is 1. The Labute approximate surface area is 147 Å². The average Bonchev–Trinajstić information content (AvgIpc) is 2.52. The van der Waals surface area contributed by atoms with Crippen LogP contribution in [0.4, 0.5) is 22.7 Å². The summed E-state index contributed by atoms with van der Waals surface area (Å²) in [6.45, 7) is 0. The minimum absolute atomic E-state index is 0.259. The number of hydrogen-bond donors (Lipinski definition) is 2. The average molecular weight is 370 g/mol. The molecule has 0 saturated heterocycles. The molecule has 1 aromatic carbocycles. The Morgan fingerprint density at radius 2 is 1.54 bits per heavy atom. The largest absolute Gasteiger partial charge is 0.490 e. The number of anilines is 2. The van der Waals surface area contributed by atoms with Crippen LogP contribution in [0.15, 0.2) is 11.9 Å². The van der Waals surface area contributed by atoms with Crippen molar-refractivity contribution in [2.75, 3.05) is 45.5 Å². The first-order valence-corrected chi connectivity index (χ1v) is 7.05. The molecule has 0 aliphatic heterocycles. The molecule has 0 atom stereocenters. The molecule has 13 heteroatoms. The third-order valence-corrected chi connectivity index (χ3v) is 3.40. The topological polar surface area (TPSA) is 168 Å². The van der Waals surface area contributed by atoms with Crippen molar-refractivity contribution in [3.8, 4) is 0 Å². The molecule has 0 saturated carbocycles. The van der Waals surface area contributed by atoms with Crippen molar-refractivity contribution >= 4 is 28.4 Å². The van der Waals surface area contributed by atoms with Crippen LogP contribution in [-0.4, -0.2) is 60.0 Å². The van der Waals surface area contributed by atoms with E-state index in [-0.39, 0.29) is 11.4 Å². The highest BCUT2D eigenvalue weighted by Gasteiger charge is 2.39. The lowest BCUT2D eigenvalue weighted by atomic mass is 10.0. The molecule has 0 aliphatic carbocycles. The van der Waals surface area contributed by atoms with Gasteiger partial charge in [-0.25, -0.2) is 0 Å². The molecular formula is C13H18N6O7. The van der Waals surface area contributed by atoms with Gasteiger partial charge in [-0.2, -0.15) is 0 Å². The number of nitro groups is 3. The summed E-state index contributed by atoms with van der Waals surface area (Å²) in [7, 11) is 6.70. The molecule has 0 radical (unpaired) electrons. The smallest absolute Gasteiger partial charge is 0.340 e. The van der Waals surface area contributed by atoms with Crippen LogP contribution >= 0.6 is 0 Å². The van der Waals surface area contributed by atoms with Gasteiger partial charge in [0.15, 0.2) is 0 Å². The van der Waals surface area contributed by atoms with E-state index in [9.17, 15) is 35.4 Å². The number of aliphatic hydroxyl groups excluding tert-OH is 1. The molecule has 26 heavy (non-hydrogen) atoms. The van der Waals surface area contributed by atoms with Crippen molar-refractivity contribution in [3.63, 3.8) is 0 Å². The third kappa shape index (κ3) is 3.55. The molecule has 0 unspecified atom stereocenters. The Bertz CT molecular complexity index is 803. The molecule has 142 valence electrons. The van der Waals surface area contributed by atoms with Crippen molar-refractivity contribution in [1.29, 1.82) is 0 Å². The van der Waals surface area contributed by atoms with Crippen molar-refractivity contribution in [3.05, 3.63) is 47.9 Å². The molecule has 0 amide bonds. The summed E-state index contributed by atoms with van der Waals surface area (Å²) >= 11 is 0. The molecule has 0 bridgehead atoms. The van der Waals surface area contributed by atoms with E-state index in [4.69, 9.17) is 0 Å². The third-order valence-electron chi connectivity index (χ3n) is 3.40. The van der Waals surface area contributed by atoms with Gasteiger partial charge in [-0.1, -0.05) is 0 Å². The molecule has 1 rings (SSSR count). The maximum absolute atomic E-state index is 11.6. The van der Waals surface area contributed by atoms with Crippen molar-refractivity contribution < 1.29 is 19.9 Å². The second-order valence-corrected chi connectivity index (χ2v) is 5.50. The molecule has 0 fully saturated rings. The van der Waals surface area contributed by atoms with Crippen LogP contribution in [0.25, 0.3) is 5.70 Å². The molecule has 0 aliphatic rings. The zero-order chi connectivity index (χ0) is 20.3. The van der Waals surface area contributed by atoms with Gasteiger partial charge in [-0.3, -0.25) is 30.3 Å². The van der Waals surface area contributed by atoms with Gasteiger partial charge >= 0.3 is 5.70 Å². The number of nitrogens with zero attached hydrogens (tertiary/aromatic N) is 5. The van der Waals surface area contributed by atoms with Crippen LogP contribution in [0, 0.1) is 30.3 Å². The number of aliphatic hydroxyl groups is 1. The number of benzene rings is 1. The second kappa shape index (κ2) is 7.50. The lowest BCUT2D eigenvalue weighted by molar-refractivity contribution is -0.393. The van der Waals surface area contributed by atoms with Gasteiger partial charge in [-0.15, -0.1) is 0 Å². The first-order chi connectivity index (χ1) is 11.9. The van der Waals surface area contributed by atoms with Crippen LogP contribution in [0.2, 0.25) is 0 Å². The molecule has 1 aromatic rings. The van der Waals surface area contributed by atoms with Gasteiger partial charge in [0.25, 0.3) is 17.3 Å². The normalized spacial score (nSPS) is 11.4. The van der Waals surface area contributed by atoms with E-state index in [1.54, 1.807) is 0 Å². The van der Waals surface area contributed by atoms with Crippen LogP contribution in [0.1, 0.15) is 5.56 Å². The molecule has 2 N–H and O–H groups in total. The predicted octanol–water partition coefficient (Wildman–Crippen LogP) is 1.63. The van der Waals surface area contributed by atoms with Gasteiger partial charge in [-0.05, 0) is 0 Å². The fraction of sp³-hybridized carbons (Fsp3) is 0.385. The van der Waals surface area contributed by atoms with E-state index in [0.717, 1.165) is 11.0 Å². The maximum Gasteiger partial charge on any atom is 0.340 e. The molecule has 13 nitrogen and oxygen atoms in total. The van der Waals surface area contributed by atoms with Crippen molar-refractivity contribution in [2.45, 2.75) is 0 Å². The maximum atomic E-state index is 11.6. The highest BCUT2D eigenvalue weighted by atomic mass is 16.6. The molecule has 0 spiro atoms. The van der Waals surface area contributed by atoms with Crippen molar-refractivity contribution in [1.82, 2.24) is 4.90 Å². The van der Waals surface area contributed by atoms with Gasteiger partial charge in [0.2, 0.25) is 0 Å². The Morgan fingerprint density at radius 1 is 1.04 bits per heavy atom. The van der Waals surface area contributed by atoms with E-state index in [1.807, 2.05) is 0 Å².